The molecular formula is C30H28N4O4S. The zero-order chi connectivity index (χ0) is 27.4. The monoisotopic (exact) mass is 540 g/mol. The fourth-order valence-electron chi connectivity index (χ4n) is 4.43. The number of nitrogens with one attached hydrogen (secondary N) is 1. The zero-order valence-corrected chi connectivity index (χ0v) is 22.5. The lowest BCUT2D eigenvalue weighted by Crippen LogP contribution is -2.25. The Morgan fingerprint density at radius 3 is 2.44 bits per heavy atom. The molecule has 3 aromatic carbocycles. The van der Waals surface area contributed by atoms with Crippen molar-refractivity contribution in [2.24, 2.45) is 10.1 Å². The van der Waals surface area contributed by atoms with Gasteiger partial charge in [0.25, 0.3) is 5.91 Å². The van der Waals surface area contributed by atoms with Crippen molar-refractivity contribution in [3.05, 3.63) is 101 Å². The van der Waals surface area contributed by atoms with E-state index in [1.54, 1.807) is 31.2 Å². The average molecular weight is 541 g/mol. The van der Waals surface area contributed by atoms with Crippen molar-refractivity contribution in [3.8, 4) is 0 Å². The average Bonchev–Trinajstić information content (AvgIpc) is 3.54. The van der Waals surface area contributed by atoms with Crippen LogP contribution in [0.1, 0.15) is 52.9 Å². The van der Waals surface area contributed by atoms with Crippen LogP contribution >= 0.6 is 11.8 Å². The van der Waals surface area contributed by atoms with Gasteiger partial charge in [-0.1, -0.05) is 71.9 Å². The summed E-state index contributed by atoms with van der Waals surface area (Å²) >= 11 is 1.26. The normalized spacial score (nSPS) is 18.5. The molecule has 0 saturated carbocycles. The maximum atomic E-state index is 12.8. The molecule has 1 N–H and O–H groups in total. The Bertz CT molecular complexity index is 1440. The number of hydrogen-bond donors (Lipinski definition) is 1. The van der Waals surface area contributed by atoms with Gasteiger partial charge in [0.05, 0.1) is 23.9 Å². The van der Waals surface area contributed by atoms with Gasteiger partial charge in [-0.25, -0.2) is 9.80 Å². The van der Waals surface area contributed by atoms with E-state index in [0.29, 0.717) is 22.8 Å². The van der Waals surface area contributed by atoms with Crippen LogP contribution in [0.25, 0.3) is 0 Å². The van der Waals surface area contributed by atoms with Gasteiger partial charge in [0.15, 0.2) is 5.17 Å². The summed E-state index contributed by atoms with van der Waals surface area (Å²) in [5.41, 5.74) is 5.13. The summed E-state index contributed by atoms with van der Waals surface area (Å²) < 4.78 is 4.98. The molecule has 3 aromatic rings. The van der Waals surface area contributed by atoms with Crippen molar-refractivity contribution in [3.63, 3.8) is 0 Å². The molecule has 2 heterocycles. The Morgan fingerprint density at radius 2 is 1.74 bits per heavy atom. The van der Waals surface area contributed by atoms with Gasteiger partial charge in [-0.2, -0.15) is 10.1 Å². The first-order valence-electron chi connectivity index (χ1n) is 12.8. The SMILES string of the molecule is CCOC(=O)c1ccc(NC(=O)C[C@@H]2SC(N3N=C(c4ccc(C)cc4)C[C@@H]3c3ccccc3)=NC2=O)cc1. The van der Waals surface area contributed by atoms with Crippen LogP contribution in [0.15, 0.2) is 89.0 Å². The van der Waals surface area contributed by atoms with Crippen LogP contribution in [-0.4, -0.2) is 45.5 Å². The van der Waals surface area contributed by atoms with E-state index in [-0.39, 0.29) is 30.9 Å². The molecular weight excluding hydrogens is 512 g/mol. The first-order valence-corrected chi connectivity index (χ1v) is 13.6. The van der Waals surface area contributed by atoms with Crippen LogP contribution in [0, 0.1) is 6.92 Å². The largest absolute Gasteiger partial charge is 0.462 e. The maximum absolute atomic E-state index is 12.8. The number of benzene rings is 3. The van der Waals surface area contributed by atoms with Crippen LogP contribution < -0.4 is 5.32 Å². The van der Waals surface area contributed by atoms with Crippen molar-refractivity contribution < 1.29 is 19.1 Å². The van der Waals surface area contributed by atoms with Gasteiger partial charge in [-0.3, -0.25) is 9.59 Å². The van der Waals surface area contributed by atoms with Crippen molar-refractivity contribution in [2.45, 2.75) is 38.0 Å². The Kier molecular flexibility index (Phi) is 7.88. The van der Waals surface area contributed by atoms with Crippen molar-refractivity contribution >= 4 is 46.1 Å². The molecule has 9 heteroatoms. The fourth-order valence-corrected chi connectivity index (χ4v) is 5.49. The first kappa shape index (κ1) is 26.4. The molecule has 2 aliphatic heterocycles. The van der Waals surface area contributed by atoms with Crippen LogP contribution in [0.3, 0.4) is 0 Å². The van der Waals surface area contributed by atoms with E-state index < -0.39 is 11.2 Å². The Morgan fingerprint density at radius 1 is 1.03 bits per heavy atom. The smallest absolute Gasteiger partial charge is 0.338 e. The van der Waals surface area contributed by atoms with Crippen LogP contribution in [-0.2, 0) is 14.3 Å². The third kappa shape index (κ3) is 6.09. The second-order valence-electron chi connectivity index (χ2n) is 9.28. The molecule has 39 heavy (non-hydrogen) atoms. The molecule has 0 spiro atoms. The van der Waals surface area contributed by atoms with Crippen LogP contribution in [0.5, 0.6) is 0 Å². The number of thioether (sulfide) groups is 1. The number of amidine groups is 1. The predicted molar refractivity (Wildman–Crippen MR) is 153 cm³/mol. The van der Waals surface area contributed by atoms with Crippen LogP contribution in [0.2, 0.25) is 0 Å². The molecule has 2 atom stereocenters. The van der Waals surface area contributed by atoms with E-state index in [9.17, 15) is 14.4 Å². The molecule has 0 aromatic heterocycles. The lowest BCUT2D eigenvalue weighted by molar-refractivity contribution is -0.121. The topological polar surface area (TPSA) is 100 Å². The molecule has 2 amide bonds. The lowest BCUT2D eigenvalue weighted by atomic mass is 9.98. The number of hydrogen-bond acceptors (Lipinski definition) is 7. The van der Waals surface area contributed by atoms with Crippen molar-refractivity contribution in [1.82, 2.24) is 5.01 Å². The minimum atomic E-state index is -0.645. The number of carbonyl (C=O) groups is 3. The summed E-state index contributed by atoms with van der Waals surface area (Å²) in [6.07, 6.45) is 0.641. The summed E-state index contributed by atoms with van der Waals surface area (Å²) in [5.74, 6) is -1.09. The number of nitrogens with zero attached hydrogens (tertiary/aromatic N) is 3. The lowest BCUT2D eigenvalue weighted by Gasteiger charge is -2.23. The molecule has 0 unspecified atom stereocenters. The second-order valence-corrected chi connectivity index (χ2v) is 10.4. The molecule has 2 aliphatic rings. The quantitative estimate of drug-likeness (QED) is 0.406. The number of esters is 1. The number of amides is 2. The standard InChI is InChI=1S/C30H28N4O4S/c1-3-38-29(37)22-13-15-23(16-14-22)31-27(35)18-26-28(36)32-30(39-26)34-25(21-7-5-4-6-8-21)17-24(33-34)20-11-9-19(2)10-12-20/h4-16,25-26H,3,17-18H2,1-2H3,(H,31,35)/t25-,26+/m1/s1. The third-order valence-corrected chi connectivity index (χ3v) is 7.60. The summed E-state index contributed by atoms with van der Waals surface area (Å²) in [6.45, 7) is 4.07. The highest BCUT2D eigenvalue weighted by atomic mass is 32.2. The van der Waals surface area contributed by atoms with Gasteiger partial charge in [0.1, 0.15) is 5.25 Å². The van der Waals surface area contributed by atoms with Gasteiger partial charge in [-0.05, 0) is 49.2 Å². The minimum absolute atomic E-state index is 0.0332. The van der Waals surface area contributed by atoms with E-state index in [2.05, 4.69) is 34.6 Å². The highest BCUT2D eigenvalue weighted by Crippen LogP contribution is 2.38. The highest BCUT2D eigenvalue weighted by Gasteiger charge is 2.39. The van der Waals surface area contributed by atoms with E-state index in [0.717, 1.165) is 16.8 Å². The number of carbonyl (C=O) groups excluding carboxylic acids is 3. The van der Waals surface area contributed by atoms with Gasteiger partial charge in [0.2, 0.25) is 5.91 Å². The maximum Gasteiger partial charge on any atom is 0.338 e. The number of anilines is 1. The predicted octanol–water partition coefficient (Wildman–Crippen LogP) is 5.35. The fraction of sp³-hybridized carbons (Fsp3) is 0.233. The first-order chi connectivity index (χ1) is 18.9. The van der Waals surface area contributed by atoms with Gasteiger partial charge in [0, 0.05) is 18.5 Å². The molecule has 0 radical (unpaired) electrons. The van der Waals surface area contributed by atoms with E-state index in [1.165, 1.54) is 17.3 Å². The Balaban J connectivity index is 1.27. The van der Waals surface area contributed by atoms with Crippen molar-refractivity contribution in [2.75, 3.05) is 11.9 Å². The molecule has 198 valence electrons. The van der Waals surface area contributed by atoms with E-state index in [4.69, 9.17) is 9.84 Å². The number of aliphatic imine (C=N–C) groups is 1. The summed E-state index contributed by atoms with van der Waals surface area (Å²) in [7, 11) is 0. The molecule has 0 fully saturated rings. The molecule has 8 nitrogen and oxygen atoms in total. The van der Waals surface area contributed by atoms with Gasteiger partial charge >= 0.3 is 5.97 Å². The number of hydrazone groups is 1. The van der Waals surface area contributed by atoms with E-state index >= 15 is 0 Å². The molecule has 0 saturated heterocycles. The number of aryl methyl sites for hydroxylation is 1. The molecule has 0 bridgehead atoms. The Labute approximate surface area is 231 Å². The molecule has 5 rings (SSSR count). The van der Waals surface area contributed by atoms with Gasteiger partial charge in [-0.15, -0.1) is 0 Å². The Hall–Kier alpha value is -4.24. The van der Waals surface area contributed by atoms with E-state index in [1.807, 2.05) is 42.3 Å². The van der Waals surface area contributed by atoms with Gasteiger partial charge < -0.3 is 10.1 Å². The zero-order valence-electron chi connectivity index (χ0n) is 21.7. The van der Waals surface area contributed by atoms with Crippen molar-refractivity contribution in [1.29, 1.82) is 0 Å². The number of ether oxygens (including phenoxy) is 1. The number of rotatable bonds is 7. The highest BCUT2D eigenvalue weighted by molar-refractivity contribution is 8.15. The summed E-state index contributed by atoms with van der Waals surface area (Å²) in [5, 5.41) is 9.34. The molecule has 0 aliphatic carbocycles. The summed E-state index contributed by atoms with van der Waals surface area (Å²) in [4.78, 5) is 41.7. The third-order valence-electron chi connectivity index (χ3n) is 6.46. The second kappa shape index (κ2) is 11.7. The van der Waals surface area contributed by atoms with Crippen LogP contribution in [0.4, 0.5) is 5.69 Å². The summed E-state index contributed by atoms with van der Waals surface area (Å²) in [6, 6.07) is 24.6. The minimum Gasteiger partial charge on any atom is -0.462 e.